The van der Waals surface area contributed by atoms with E-state index in [-0.39, 0.29) is 28.9 Å². The summed E-state index contributed by atoms with van der Waals surface area (Å²) >= 11 is 2.20. The first-order chi connectivity index (χ1) is 20.4. The monoisotopic (exact) mass is 701 g/mol. The number of rotatable bonds is 6. The van der Waals surface area contributed by atoms with Gasteiger partial charge in [0.25, 0.3) is 5.91 Å². The number of fused-ring (bicyclic) bond motifs is 1. The number of amides is 2. The molecule has 1 fully saturated rings. The number of alkyl carbamates (subject to hydrolysis) is 1. The molecular weight excluding hydrogens is 668 g/mol. The molecule has 1 aliphatic heterocycles. The van der Waals surface area contributed by atoms with Crippen LogP contribution in [0.25, 0.3) is 22.3 Å². The van der Waals surface area contributed by atoms with Gasteiger partial charge in [-0.1, -0.05) is 6.07 Å². The van der Waals surface area contributed by atoms with Gasteiger partial charge in [-0.3, -0.25) is 9.48 Å². The van der Waals surface area contributed by atoms with Gasteiger partial charge in [-0.25, -0.2) is 19.2 Å². The lowest BCUT2D eigenvalue weighted by Crippen LogP contribution is -2.49. The van der Waals surface area contributed by atoms with Crippen LogP contribution in [0.1, 0.15) is 44.1 Å². The van der Waals surface area contributed by atoms with E-state index in [9.17, 15) is 14.0 Å². The van der Waals surface area contributed by atoms with Crippen LogP contribution in [0.3, 0.4) is 0 Å². The van der Waals surface area contributed by atoms with Gasteiger partial charge in [0.05, 0.1) is 24.0 Å². The Morgan fingerprint density at radius 3 is 2.74 bits per heavy atom. The fourth-order valence-corrected chi connectivity index (χ4v) is 5.85. The minimum atomic E-state index is -0.605. The number of aromatic nitrogens is 4. The van der Waals surface area contributed by atoms with Gasteiger partial charge < -0.3 is 25.0 Å². The lowest BCUT2D eigenvalue weighted by molar-refractivity contribution is 0.0500. The van der Waals surface area contributed by atoms with Gasteiger partial charge in [0, 0.05) is 47.5 Å². The molecular formula is C30H33FIN7O4. The van der Waals surface area contributed by atoms with E-state index in [4.69, 9.17) is 9.47 Å². The molecule has 0 radical (unpaired) electrons. The van der Waals surface area contributed by atoms with Crippen molar-refractivity contribution in [1.29, 1.82) is 0 Å². The van der Waals surface area contributed by atoms with Crippen LogP contribution in [0.15, 0.2) is 42.7 Å². The number of piperidine rings is 1. The zero-order chi connectivity index (χ0) is 30.9. The predicted molar refractivity (Wildman–Crippen MR) is 170 cm³/mol. The van der Waals surface area contributed by atoms with Crippen LogP contribution >= 0.6 is 22.6 Å². The number of carbonyl (C=O) groups is 2. The van der Waals surface area contributed by atoms with E-state index in [1.165, 1.54) is 31.5 Å². The second-order valence-corrected chi connectivity index (χ2v) is 12.4. The van der Waals surface area contributed by atoms with Crippen molar-refractivity contribution in [3.63, 3.8) is 0 Å². The molecule has 0 aliphatic carbocycles. The molecule has 1 atom stereocenters. The molecule has 2 aromatic heterocycles. The largest absolute Gasteiger partial charge is 0.496 e. The Balaban J connectivity index is 1.47. The van der Waals surface area contributed by atoms with E-state index in [0.717, 1.165) is 33.0 Å². The van der Waals surface area contributed by atoms with Crippen LogP contribution < -0.4 is 20.3 Å². The van der Waals surface area contributed by atoms with Crippen LogP contribution in [0.2, 0.25) is 0 Å². The average molecular weight is 702 g/mol. The van der Waals surface area contributed by atoms with Crippen LogP contribution in [0.5, 0.6) is 5.75 Å². The van der Waals surface area contributed by atoms with Gasteiger partial charge >= 0.3 is 6.09 Å². The number of benzene rings is 2. The summed E-state index contributed by atoms with van der Waals surface area (Å²) in [7, 11) is 3.28. The quantitative estimate of drug-likeness (QED) is 0.252. The van der Waals surface area contributed by atoms with E-state index in [0.29, 0.717) is 18.8 Å². The maximum Gasteiger partial charge on any atom is 0.407 e. The third kappa shape index (κ3) is 6.81. The molecule has 0 saturated carbocycles. The summed E-state index contributed by atoms with van der Waals surface area (Å²) in [5.41, 5.74) is 1.68. The molecule has 2 N–H and O–H groups in total. The van der Waals surface area contributed by atoms with Crippen molar-refractivity contribution in [2.45, 2.75) is 45.3 Å². The third-order valence-electron chi connectivity index (χ3n) is 6.85. The number of hydrogen-bond acceptors (Lipinski definition) is 8. The zero-order valence-electron chi connectivity index (χ0n) is 24.6. The number of nitrogens with one attached hydrogen (secondary N) is 2. The van der Waals surface area contributed by atoms with Gasteiger partial charge in [-0.15, -0.1) is 0 Å². The second kappa shape index (κ2) is 12.3. The van der Waals surface area contributed by atoms with Gasteiger partial charge in [0.15, 0.2) is 5.82 Å². The van der Waals surface area contributed by atoms with E-state index < -0.39 is 23.4 Å². The molecule has 4 aromatic rings. The summed E-state index contributed by atoms with van der Waals surface area (Å²) in [6, 6.07) is 7.61. The summed E-state index contributed by atoms with van der Waals surface area (Å²) in [5.74, 6) is -0.751. The van der Waals surface area contributed by atoms with Crippen molar-refractivity contribution < 1.29 is 23.5 Å². The second-order valence-electron chi connectivity index (χ2n) is 11.3. The Morgan fingerprint density at radius 2 is 2.00 bits per heavy atom. The molecule has 3 heterocycles. The molecule has 13 heteroatoms. The molecule has 1 unspecified atom stereocenters. The molecule has 0 spiro atoms. The Hall–Kier alpha value is -4.01. The Morgan fingerprint density at radius 1 is 1.21 bits per heavy atom. The number of anilines is 2. The minimum Gasteiger partial charge on any atom is -0.496 e. The van der Waals surface area contributed by atoms with E-state index in [2.05, 4.69) is 53.2 Å². The third-order valence-corrected chi connectivity index (χ3v) is 7.67. The molecule has 43 heavy (non-hydrogen) atoms. The maximum atomic E-state index is 14.7. The molecule has 5 rings (SSSR count). The average Bonchev–Trinajstić information content (AvgIpc) is 3.33. The van der Waals surface area contributed by atoms with Gasteiger partial charge in [-0.05, 0) is 80.5 Å². The predicted octanol–water partition coefficient (Wildman–Crippen LogP) is 5.53. The SMILES string of the molecule is COc1cccc(F)c1-c1nccc(C(=O)Nc2cc(I)c3nn(C)cc3c2N2CCCC(NC(=O)OC(C)(C)C)C2)n1. The highest BCUT2D eigenvalue weighted by molar-refractivity contribution is 14.1. The van der Waals surface area contributed by atoms with Crippen molar-refractivity contribution in [3.05, 3.63) is 57.8 Å². The fraction of sp³-hybridized carbons (Fsp3) is 0.367. The first kappa shape index (κ1) is 30.4. The number of ether oxygens (including phenoxy) is 2. The topological polar surface area (TPSA) is 124 Å². The highest BCUT2D eigenvalue weighted by Crippen LogP contribution is 2.39. The number of nitrogens with zero attached hydrogens (tertiary/aromatic N) is 5. The summed E-state index contributed by atoms with van der Waals surface area (Å²) < 4.78 is 28.1. The normalized spacial score (nSPS) is 15.3. The Bertz CT molecular complexity index is 1690. The van der Waals surface area contributed by atoms with Crippen LogP contribution in [-0.2, 0) is 11.8 Å². The van der Waals surface area contributed by atoms with Crippen LogP contribution in [0, 0.1) is 9.39 Å². The van der Waals surface area contributed by atoms with Gasteiger partial charge in [-0.2, -0.15) is 5.10 Å². The smallest absolute Gasteiger partial charge is 0.407 e. The van der Waals surface area contributed by atoms with Crippen LogP contribution in [0.4, 0.5) is 20.6 Å². The standard InChI is InChI=1S/C30H33FIN7O4/c1-30(2,3)43-29(41)34-17-8-7-13-39(15-17)26-18-16-38(4)37-25(18)20(32)14-22(26)36-28(40)21-11-12-33-27(35-21)24-19(31)9-6-10-23(24)42-5/h6,9-12,14,16-17H,7-8,13,15H2,1-5H3,(H,34,41)(H,36,40). The van der Waals surface area contributed by atoms with Crippen molar-refractivity contribution in [3.8, 4) is 17.1 Å². The summed E-state index contributed by atoms with van der Waals surface area (Å²) in [5, 5.41) is 11.5. The zero-order valence-corrected chi connectivity index (χ0v) is 26.7. The lowest BCUT2D eigenvalue weighted by atomic mass is 10.0. The molecule has 2 amide bonds. The number of aryl methyl sites for hydroxylation is 1. The Labute approximate surface area is 262 Å². The number of carbonyl (C=O) groups excluding carboxylic acids is 2. The molecule has 226 valence electrons. The summed E-state index contributed by atoms with van der Waals surface area (Å²) in [4.78, 5) is 36.9. The van der Waals surface area contributed by atoms with Crippen LogP contribution in [-0.4, -0.2) is 63.6 Å². The van der Waals surface area contributed by atoms with Crippen molar-refractivity contribution in [2.24, 2.45) is 7.05 Å². The molecule has 0 bridgehead atoms. The molecule has 1 aliphatic rings. The first-order valence-corrected chi connectivity index (χ1v) is 14.9. The number of hydrogen-bond donors (Lipinski definition) is 2. The number of methoxy groups -OCH3 is 1. The number of halogens is 2. The lowest BCUT2D eigenvalue weighted by Gasteiger charge is -2.36. The van der Waals surface area contributed by atoms with Gasteiger partial charge in [0.1, 0.15) is 28.4 Å². The molecule has 1 saturated heterocycles. The van der Waals surface area contributed by atoms with E-state index in [1.54, 1.807) is 10.7 Å². The minimum absolute atomic E-state index is 0.0344. The van der Waals surface area contributed by atoms with E-state index >= 15 is 0 Å². The van der Waals surface area contributed by atoms with Crippen molar-refractivity contribution in [1.82, 2.24) is 25.1 Å². The fourth-order valence-electron chi connectivity index (χ4n) is 5.14. The van der Waals surface area contributed by atoms with Crippen molar-refractivity contribution >= 4 is 56.9 Å². The maximum absolute atomic E-state index is 14.7. The summed E-state index contributed by atoms with van der Waals surface area (Å²) in [6.45, 7) is 6.70. The first-order valence-electron chi connectivity index (χ1n) is 13.8. The summed E-state index contributed by atoms with van der Waals surface area (Å²) in [6.07, 6.45) is 4.48. The molecule has 11 nitrogen and oxygen atoms in total. The highest BCUT2D eigenvalue weighted by atomic mass is 127. The van der Waals surface area contributed by atoms with Crippen molar-refractivity contribution in [2.75, 3.05) is 30.4 Å². The molecule has 2 aromatic carbocycles. The highest BCUT2D eigenvalue weighted by Gasteiger charge is 2.28. The Kier molecular flexibility index (Phi) is 8.71. The van der Waals surface area contributed by atoms with Gasteiger partial charge in [0.2, 0.25) is 0 Å². The van der Waals surface area contributed by atoms with E-state index in [1.807, 2.05) is 40.1 Å².